The predicted octanol–water partition coefficient (Wildman–Crippen LogP) is 4.68. The summed E-state index contributed by atoms with van der Waals surface area (Å²) in [5.74, 6) is 0. The summed E-state index contributed by atoms with van der Waals surface area (Å²) >= 11 is 0. The van der Waals surface area contributed by atoms with Crippen molar-refractivity contribution >= 4 is 0 Å². The van der Waals surface area contributed by atoms with Crippen LogP contribution in [0.2, 0.25) is 0 Å². The van der Waals surface area contributed by atoms with Gasteiger partial charge in [-0.1, -0.05) is 54.6 Å². The van der Waals surface area contributed by atoms with Crippen molar-refractivity contribution in [1.82, 2.24) is 0 Å². The highest BCUT2D eigenvalue weighted by Gasteiger charge is 1.97. The van der Waals surface area contributed by atoms with Crippen LogP contribution in [0.4, 0.5) is 8.78 Å². The molecule has 0 aromatic heterocycles. The van der Waals surface area contributed by atoms with Gasteiger partial charge in [-0.3, -0.25) is 0 Å². The van der Waals surface area contributed by atoms with E-state index in [9.17, 15) is 8.78 Å². The molecule has 0 amide bonds. The molecule has 0 spiro atoms. The van der Waals surface area contributed by atoms with Crippen molar-refractivity contribution in [2.45, 2.75) is 6.42 Å². The van der Waals surface area contributed by atoms with Crippen LogP contribution in [0.3, 0.4) is 0 Å². The Hall–Kier alpha value is -1.96. The summed E-state index contributed by atoms with van der Waals surface area (Å²) in [7, 11) is 0. The molecule has 0 heterocycles. The first-order valence-electron chi connectivity index (χ1n) is 5.41. The first kappa shape index (κ1) is 11.5. The molecule has 86 valence electrons. The predicted molar refractivity (Wildman–Crippen MR) is 65.9 cm³/mol. The van der Waals surface area contributed by atoms with Crippen LogP contribution in [-0.4, -0.2) is 0 Å². The Bertz CT molecular complexity index is 494. The molecule has 0 atom stereocenters. The first-order chi connectivity index (χ1) is 8.25. The van der Waals surface area contributed by atoms with Gasteiger partial charge in [-0.25, -0.2) is 0 Å². The van der Waals surface area contributed by atoms with E-state index in [1.807, 2.05) is 54.6 Å². The van der Waals surface area contributed by atoms with Crippen molar-refractivity contribution < 1.29 is 8.78 Å². The van der Waals surface area contributed by atoms with Crippen LogP contribution < -0.4 is 0 Å². The molecule has 2 heteroatoms. The van der Waals surface area contributed by atoms with Crippen molar-refractivity contribution in [1.29, 1.82) is 0 Å². The molecule has 2 aromatic rings. The van der Waals surface area contributed by atoms with E-state index in [-0.39, 0.29) is 6.42 Å². The average molecular weight is 230 g/mol. The van der Waals surface area contributed by atoms with Gasteiger partial charge in [-0.2, -0.15) is 8.78 Å². The monoisotopic (exact) mass is 230 g/mol. The van der Waals surface area contributed by atoms with Gasteiger partial charge in [0.1, 0.15) is 0 Å². The second-order valence-electron chi connectivity index (χ2n) is 3.76. The van der Waals surface area contributed by atoms with E-state index in [4.69, 9.17) is 0 Å². The quantitative estimate of drug-likeness (QED) is 0.718. The lowest BCUT2D eigenvalue weighted by Crippen LogP contribution is -1.82. The van der Waals surface area contributed by atoms with Gasteiger partial charge in [0.25, 0.3) is 6.08 Å². The van der Waals surface area contributed by atoms with Crippen LogP contribution >= 0.6 is 0 Å². The number of rotatable bonds is 3. The molecule has 0 fully saturated rings. The van der Waals surface area contributed by atoms with E-state index in [1.165, 1.54) is 0 Å². The first-order valence-corrected chi connectivity index (χ1v) is 5.41. The summed E-state index contributed by atoms with van der Waals surface area (Å²) in [6, 6.07) is 17.6. The van der Waals surface area contributed by atoms with Crippen LogP contribution in [0.15, 0.2) is 66.8 Å². The number of halogens is 2. The molecule has 0 unspecified atom stereocenters. The van der Waals surface area contributed by atoms with Gasteiger partial charge in [-0.05, 0) is 29.2 Å². The SMILES string of the molecule is FC(F)=CCc1ccc(-c2ccccc2)cc1. The van der Waals surface area contributed by atoms with Crippen LogP contribution in [0.25, 0.3) is 11.1 Å². The molecule has 0 saturated carbocycles. The van der Waals surface area contributed by atoms with E-state index in [0.717, 1.165) is 22.8 Å². The Balaban J connectivity index is 2.16. The maximum absolute atomic E-state index is 11.9. The third-order valence-electron chi connectivity index (χ3n) is 2.55. The van der Waals surface area contributed by atoms with Gasteiger partial charge in [0.05, 0.1) is 0 Å². The molecule has 0 aliphatic carbocycles. The van der Waals surface area contributed by atoms with E-state index in [1.54, 1.807) is 0 Å². The van der Waals surface area contributed by atoms with Crippen molar-refractivity contribution in [2.75, 3.05) is 0 Å². The highest BCUT2D eigenvalue weighted by Crippen LogP contribution is 2.19. The fourth-order valence-corrected chi connectivity index (χ4v) is 1.66. The molecule has 0 bridgehead atoms. The Morgan fingerprint density at radius 1 is 0.824 bits per heavy atom. The van der Waals surface area contributed by atoms with Crippen molar-refractivity contribution in [3.63, 3.8) is 0 Å². The summed E-state index contributed by atoms with van der Waals surface area (Å²) in [5.41, 5.74) is 3.11. The fourth-order valence-electron chi connectivity index (χ4n) is 1.66. The van der Waals surface area contributed by atoms with Gasteiger partial charge in [0, 0.05) is 0 Å². The second-order valence-corrected chi connectivity index (χ2v) is 3.76. The minimum absolute atomic E-state index is 0.275. The van der Waals surface area contributed by atoms with Crippen molar-refractivity contribution in [3.05, 3.63) is 72.3 Å². The zero-order valence-corrected chi connectivity index (χ0v) is 9.24. The lowest BCUT2D eigenvalue weighted by atomic mass is 10.0. The second kappa shape index (κ2) is 5.39. The maximum Gasteiger partial charge on any atom is 0.266 e. The molecule has 0 N–H and O–H groups in total. The molecule has 2 rings (SSSR count). The zero-order chi connectivity index (χ0) is 12.1. The third-order valence-corrected chi connectivity index (χ3v) is 2.55. The zero-order valence-electron chi connectivity index (χ0n) is 9.24. The van der Waals surface area contributed by atoms with Crippen molar-refractivity contribution in [2.24, 2.45) is 0 Å². The normalized spacial score (nSPS) is 10.0. The Morgan fingerprint density at radius 3 is 2.00 bits per heavy atom. The Kier molecular flexibility index (Phi) is 3.66. The fraction of sp³-hybridized carbons (Fsp3) is 0.0667. The van der Waals surface area contributed by atoms with E-state index in [0.29, 0.717) is 0 Å². The third kappa shape index (κ3) is 3.25. The largest absolute Gasteiger partial charge is 0.266 e. The van der Waals surface area contributed by atoms with E-state index >= 15 is 0 Å². The summed E-state index contributed by atoms with van der Waals surface area (Å²) < 4.78 is 23.9. The molecule has 0 aliphatic rings. The summed E-state index contributed by atoms with van der Waals surface area (Å²) in [6.45, 7) is 0. The van der Waals surface area contributed by atoms with Crippen LogP contribution in [-0.2, 0) is 6.42 Å². The minimum Gasteiger partial charge on any atom is -0.174 e. The van der Waals surface area contributed by atoms with Gasteiger partial charge in [-0.15, -0.1) is 0 Å². The molecular formula is C15H12F2. The van der Waals surface area contributed by atoms with Crippen LogP contribution in [0, 0.1) is 0 Å². The van der Waals surface area contributed by atoms with Crippen LogP contribution in [0.1, 0.15) is 5.56 Å². The highest BCUT2D eigenvalue weighted by molar-refractivity contribution is 5.63. The topological polar surface area (TPSA) is 0 Å². The van der Waals surface area contributed by atoms with E-state index < -0.39 is 6.08 Å². The summed E-state index contributed by atoms with van der Waals surface area (Å²) in [5, 5.41) is 0. The van der Waals surface area contributed by atoms with Gasteiger partial charge >= 0.3 is 0 Å². The molecule has 0 saturated heterocycles. The standard InChI is InChI=1S/C15H12F2/c16-15(17)11-8-12-6-9-14(10-7-12)13-4-2-1-3-5-13/h1-7,9-11H,8H2. The molecule has 0 nitrogen and oxygen atoms in total. The van der Waals surface area contributed by atoms with E-state index in [2.05, 4.69) is 0 Å². The van der Waals surface area contributed by atoms with Gasteiger partial charge in [0.2, 0.25) is 0 Å². The smallest absolute Gasteiger partial charge is 0.174 e. The lowest BCUT2D eigenvalue weighted by molar-refractivity contribution is 0.418. The summed E-state index contributed by atoms with van der Waals surface area (Å²) in [6.07, 6.45) is -0.424. The number of hydrogen-bond acceptors (Lipinski definition) is 0. The number of benzene rings is 2. The molecule has 0 aliphatic heterocycles. The molecule has 0 radical (unpaired) electrons. The number of allylic oxidation sites excluding steroid dienone is 1. The summed E-state index contributed by atoms with van der Waals surface area (Å²) in [4.78, 5) is 0. The molecule has 2 aromatic carbocycles. The maximum atomic E-state index is 11.9. The number of hydrogen-bond donors (Lipinski definition) is 0. The average Bonchev–Trinajstić information content (AvgIpc) is 2.38. The highest BCUT2D eigenvalue weighted by atomic mass is 19.3. The van der Waals surface area contributed by atoms with Gasteiger partial charge in [0.15, 0.2) is 0 Å². The van der Waals surface area contributed by atoms with Crippen LogP contribution in [0.5, 0.6) is 0 Å². The molecular weight excluding hydrogens is 218 g/mol. The Labute approximate surface area is 99.2 Å². The minimum atomic E-state index is -1.63. The van der Waals surface area contributed by atoms with Crippen molar-refractivity contribution in [3.8, 4) is 11.1 Å². The molecule has 17 heavy (non-hydrogen) atoms. The van der Waals surface area contributed by atoms with Gasteiger partial charge < -0.3 is 0 Å². The lowest BCUT2D eigenvalue weighted by Gasteiger charge is -2.02. The Morgan fingerprint density at radius 2 is 1.41 bits per heavy atom.